The van der Waals surface area contributed by atoms with Crippen LogP contribution in [0.15, 0.2) is 18.3 Å². The van der Waals surface area contributed by atoms with Crippen molar-refractivity contribution in [1.29, 1.82) is 0 Å². The second kappa shape index (κ2) is 6.41. The lowest BCUT2D eigenvalue weighted by Crippen LogP contribution is -2.42. The third-order valence-electron chi connectivity index (χ3n) is 4.37. The maximum absolute atomic E-state index is 5.64. The van der Waals surface area contributed by atoms with Crippen molar-refractivity contribution in [3.63, 3.8) is 0 Å². The van der Waals surface area contributed by atoms with Crippen molar-refractivity contribution < 1.29 is 4.74 Å². The smallest absolute Gasteiger partial charge is 0.123 e. The molecule has 3 rings (SSSR count). The Labute approximate surface area is 120 Å². The van der Waals surface area contributed by atoms with Gasteiger partial charge in [0.1, 0.15) is 5.82 Å². The van der Waals surface area contributed by atoms with Gasteiger partial charge in [-0.05, 0) is 30.9 Å². The predicted octanol–water partition coefficient (Wildman–Crippen LogP) is 1.21. The number of piperidine rings is 1. The summed E-state index contributed by atoms with van der Waals surface area (Å²) in [5, 5.41) is 0. The van der Waals surface area contributed by atoms with Crippen LogP contribution in [0.4, 0.5) is 11.5 Å². The number of anilines is 2. The normalized spacial score (nSPS) is 22.1. The highest BCUT2D eigenvalue weighted by atomic mass is 16.5. The zero-order valence-electron chi connectivity index (χ0n) is 12.0. The van der Waals surface area contributed by atoms with Gasteiger partial charge in [0.2, 0.25) is 0 Å². The molecule has 0 atom stereocenters. The first-order valence-corrected chi connectivity index (χ1v) is 7.58. The number of rotatable bonds is 3. The van der Waals surface area contributed by atoms with Gasteiger partial charge in [0, 0.05) is 32.7 Å². The van der Waals surface area contributed by atoms with Crippen LogP contribution in [0, 0.1) is 5.92 Å². The average molecular weight is 276 g/mol. The first-order chi connectivity index (χ1) is 9.81. The van der Waals surface area contributed by atoms with Crippen LogP contribution in [0.2, 0.25) is 0 Å². The van der Waals surface area contributed by atoms with E-state index in [1.165, 1.54) is 25.1 Å². The fraction of sp³-hybridized carbons (Fsp3) is 0.667. The van der Waals surface area contributed by atoms with Gasteiger partial charge in [0.25, 0.3) is 0 Å². The summed E-state index contributed by atoms with van der Waals surface area (Å²) in [4.78, 5) is 9.15. The molecule has 110 valence electrons. The molecule has 2 aliphatic rings. The molecule has 2 aliphatic heterocycles. The molecule has 0 aliphatic carbocycles. The van der Waals surface area contributed by atoms with Gasteiger partial charge in [-0.3, -0.25) is 4.90 Å². The Hall–Kier alpha value is -1.33. The van der Waals surface area contributed by atoms with Crippen LogP contribution in [-0.2, 0) is 4.74 Å². The summed E-state index contributed by atoms with van der Waals surface area (Å²) in [7, 11) is 0. The molecule has 0 radical (unpaired) electrons. The molecule has 1 aromatic rings. The highest BCUT2D eigenvalue weighted by Crippen LogP contribution is 2.24. The standard InChI is InChI=1S/C15H24N4O/c16-15-2-1-14(11-17-15)19-5-3-13(4-6-19)12-18-7-9-20-10-8-18/h1-2,11,13H,3-10,12H2,(H2,16,17). The summed E-state index contributed by atoms with van der Waals surface area (Å²) >= 11 is 0. The average Bonchev–Trinajstić information content (AvgIpc) is 2.50. The Bertz CT molecular complexity index is 408. The van der Waals surface area contributed by atoms with E-state index in [9.17, 15) is 0 Å². The van der Waals surface area contributed by atoms with E-state index in [1.54, 1.807) is 0 Å². The van der Waals surface area contributed by atoms with Gasteiger partial charge in [-0.2, -0.15) is 0 Å². The Morgan fingerprint density at radius 1 is 1.15 bits per heavy atom. The van der Waals surface area contributed by atoms with Crippen LogP contribution in [0.25, 0.3) is 0 Å². The topological polar surface area (TPSA) is 54.6 Å². The Kier molecular flexibility index (Phi) is 4.38. The Balaban J connectivity index is 1.47. The summed E-state index contributed by atoms with van der Waals surface area (Å²) in [6.07, 6.45) is 4.42. The lowest BCUT2D eigenvalue weighted by molar-refractivity contribution is 0.0289. The van der Waals surface area contributed by atoms with Gasteiger partial charge in [-0.1, -0.05) is 0 Å². The Morgan fingerprint density at radius 2 is 1.90 bits per heavy atom. The monoisotopic (exact) mass is 276 g/mol. The molecule has 0 saturated carbocycles. The number of ether oxygens (including phenoxy) is 1. The molecule has 1 aromatic heterocycles. The van der Waals surface area contributed by atoms with E-state index in [1.807, 2.05) is 12.3 Å². The summed E-state index contributed by atoms with van der Waals surface area (Å²) in [5.74, 6) is 1.42. The van der Waals surface area contributed by atoms with Crippen molar-refractivity contribution in [3.8, 4) is 0 Å². The number of morpholine rings is 1. The highest BCUT2D eigenvalue weighted by molar-refractivity contribution is 5.48. The summed E-state index contributed by atoms with van der Waals surface area (Å²) in [6.45, 7) is 7.48. The Morgan fingerprint density at radius 3 is 2.55 bits per heavy atom. The predicted molar refractivity (Wildman–Crippen MR) is 80.8 cm³/mol. The second-order valence-corrected chi connectivity index (χ2v) is 5.78. The van der Waals surface area contributed by atoms with Gasteiger partial charge in [0.05, 0.1) is 25.1 Å². The lowest BCUT2D eigenvalue weighted by atomic mass is 9.95. The number of nitrogens with two attached hydrogens (primary N) is 1. The van der Waals surface area contributed by atoms with Crippen LogP contribution in [0.5, 0.6) is 0 Å². The van der Waals surface area contributed by atoms with Crippen molar-refractivity contribution in [2.24, 2.45) is 5.92 Å². The zero-order valence-corrected chi connectivity index (χ0v) is 12.0. The van der Waals surface area contributed by atoms with Gasteiger partial charge in [-0.25, -0.2) is 4.98 Å². The largest absolute Gasteiger partial charge is 0.384 e. The molecule has 0 unspecified atom stereocenters. The number of hydrogen-bond donors (Lipinski definition) is 1. The molecule has 20 heavy (non-hydrogen) atoms. The molecule has 2 N–H and O–H groups in total. The molecular weight excluding hydrogens is 252 g/mol. The van der Waals surface area contributed by atoms with E-state index < -0.39 is 0 Å². The van der Waals surface area contributed by atoms with Gasteiger partial charge in [-0.15, -0.1) is 0 Å². The SMILES string of the molecule is Nc1ccc(N2CCC(CN3CCOCC3)CC2)cn1. The van der Waals surface area contributed by atoms with E-state index in [4.69, 9.17) is 10.5 Å². The maximum atomic E-state index is 5.64. The van der Waals surface area contributed by atoms with E-state index in [-0.39, 0.29) is 0 Å². The highest BCUT2D eigenvalue weighted by Gasteiger charge is 2.22. The van der Waals surface area contributed by atoms with Crippen LogP contribution < -0.4 is 10.6 Å². The second-order valence-electron chi connectivity index (χ2n) is 5.78. The van der Waals surface area contributed by atoms with Gasteiger partial charge >= 0.3 is 0 Å². The summed E-state index contributed by atoms with van der Waals surface area (Å²) < 4.78 is 5.41. The minimum atomic E-state index is 0.593. The zero-order chi connectivity index (χ0) is 13.8. The van der Waals surface area contributed by atoms with Gasteiger partial charge in [0.15, 0.2) is 0 Å². The fourth-order valence-corrected chi connectivity index (χ4v) is 3.11. The van der Waals surface area contributed by atoms with Gasteiger partial charge < -0.3 is 15.4 Å². The van der Waals surface area contributed by atoms with Crippen molar-refractivity contribution in [1.82, 2.24) is 9.88 Å². The van der Waals surface area contributed by atoms with Crippen molar-refractivity contribution in [2.45, 2.75) is 12.8 Å². The first kappa shape index (κ1) is 13.6. The minimum Gasteiger partial charge on any atom is -0.384 e. The molecule has 5 nitrogen and oxygen atoms in total. The number of nitrogen functional groups attached to an aromatic ring is 1. The third-order valence-corrected chi connectivity index (χ3v) is 4.37. The van der Waals surface area contributed by atoms with Crippen LogP contribution >= 0.6 is 0 Å². The molecule has 3 heterocycles. The van der Waals surface area contributed by atoms with Crippen molar-refractivity contribution in [3.05, 3.63) is 18.3 Å². The lowest BCUT2D eigenvalue weighted by Gasteiger charge is -2.36. The number of pyridine rings is 1. The third kappa shape index (κ3) is 3.41. The molecule has 5 heteroatoms. The molecular formula is C15H24N4O. The molecule has 2 saturated heterocycles. The fourth-order valence-electron chi connectivity index (χ4n) is 3.11. The molecule has 2 fully saturated rings. The number of nitrogens with zero attached hydrogens (tertiary/aromatic N) is 3. The maximum Gasteiger partial charge on any atom is 0.123 e. The summed E-state index contributed by atoms with van der Waals surface area (Å²) in [5.41, 5.74) is 6.84. The minimum absolute atomic E-state index is 0.593. The summed E-state index contributed by atoms with van der Waals surface area (Å²) in [6, 6.07) is 3.96. The molecule has 0 aromatic carbocycles. The van der Waals surface area contributed by atoms with E-state index in [0.29, 0.717) is 5.82 Å². The van der Waals surface area contributed by atoms with Crippen molar-refractivity contribution in [2.75, 3.05) is 56.6 Å². The number of aromatic nitrogens is 1. The molecule has 0 amide bonds. The quantitative estimate of drug-likeness (QED) is 0.899. The van der Waals surface area contributed by atoms with Crippen LogP contribution in [0.3, 0.4) is 0 Å². The van der Waals surface area contributed by atoms with Crippen LogP contribution in [0.1, 0.15) is 12.8 Å². The first-order valence-electron chi connectivity index (χ1n) is 7.58. The van der Waals surface area contributed by atoms with Crippen LogP contribution in [-0.4, -0.2) is 55.8 Å². The molecule has 0 bridgehead atoms. The van der Waals surface area contributed by atoms with E-state index >= 15 is 0 Å². The number of hydrogen-bond acceptors (Lipinski definition) is 5. The van der Waals surface area contributed by atoms with E-state index in [0.717, 1.165) is 45.3 Å². The van der Waals surface area contributed by atoms with E-state index in [2.05, 4.69) is 20.9 Å². The van der Waals surface area contributed by atoms with Crippen molar-refractivity contribution >= 4 is 11.5 Å². The molecule has 0 spiro atoms.